The smallest absolute Gasteiger partial charge is 0.203 e. The van der Waals surface area contributed by atoms with E-state index in [1.165, 1.54) is 5.69 Å². The lowest BCUT2D eigenvalue weighted by molar-refractivity contribution is 0.667. The van der Waals surface area contributed by atoms with Gasteiger partial charge in [-0.3, -0.25) is 4.68 Å². The molecule has 0 spiro atoms. The van der Waals surface area contributed by atoms with Crippen molar-refractivity contribution < 1.29 is 0 Å². The van der Waals surface area contributed by atoms with Crippen LogP contribution in [0.2, 0.25) is 0 Å². The average Bonchev–Trinajstić information content (AvgIpc) is 2.84. The molecule has 17 heavy (non-hydrogen) atoms. The fourth-order valence-corrected chi connectivity index (χ4v) is 1.78. The predicted molar refractivity (Wildman–Crippen MR) is 68.1 cm³/mol. The maximum Gasteiger partial charge on any atom is 0.203 e. The van der Waals surface area contributed by atoms with Crippen molar-refractivity contribution in [3.8, 4) is 0 Å². The summed E-state index contributed by atoms with van der Waals surface area (Å²) in [6.45, 7) is 5.90. The summed E-state index contributed by atoms with van der Waals surface area (Å²) in [6.07, 6.45) is 4.97. The van der Waals surface area contributed by atoms with Crippen LogP contribution in [0, 0.1) is 6.92 Å². The van der Waals surface area contributed by atoms with Gasteiger partial charge in [0.2, 0.25) is 5.95 Å². The molecule has 0 unspecified atom stereocenters. The van der Waals surface area contributed by atoms with Crippen LogP contribution in [-0.2, 0) is 13.6 Å². The average molecular weight is 233 g/mol. The Labute approximate surface area is 101 Å². The van der Waals surface area contributed by atoms with Crippen molar-refractivity contribution in [2.75, 3.05) is 11.9 Å². The van der Waals surface area contributed by atoms with Gasteiger partial charge in [-0.15, -0.1) is 0 Å². The molecule has 0 saturated carbocycles. The van der Waals surface area contributed by atoms with E-state index < -0.39 is 0 Å². The molecule has 5 heteroatoms. The summed E-state index contributed by atoms with van der Waals surface area (Å²) in [6, 6.07) is 2.03. The number of rotatable bonds is 5. The molecule has 2 aromatic rings. The standard InChI is InChI=1S/C12H19N5/c1-4-6-13-12-15-10(2)8-17(12)9-11-5-7-14-16(11)3/h5,7-8H,4,6,9H2,1-3H3,(H,13,15). The van der Waals surface area contributed by atoms with E-state index in [1.54, 1.807) is 0 Å². The van der Waals surface area contributed by atoms with Crippen LogP contribution < -0.4 is 5.32 Å². The Kier molecular flexibility index (Phi) is 3.46. The first kappa shape index (κ1) is 11.7. The third-order valence-electron chi connectivity index (χ3n) is 2.68. The monoisotopic (exact) mass is 233 g/mol. The van der Waals surface area contributed by atoms with Crippen LogP contribution in [0.5, 0.6) is 0 Å². The molecule has 1 N–H and O–H groups in total. The fraction of sp³-hybridized carbons (Fsp3) is 0.500. The number of imidazole rings is 1. The summed E-state index contributed by atoms with van der Waals surface area (Å²) in [5.74, 6) is 0.936. The molecule has 5 nitrogen and oxygen atoms in total. The molecule has 0 atom stereocenters. The van der Waals surface area contributed by atoms with Crippen LogP contribution in [0.4, 0.5) is 5.95 Å². The summed E-state index contributed by atoms with van der Waals surface area (Å²) in [5, 5.41) is 7.51. The number of aryl methyl sites for hydroxylation is 2. The second kappa shape index (κ2) is 5.03. The number of hydrogen-bond donors (Lipinski definition) is 1. The number of nitrogens with one attached hydrogen (secondary N) is 1. The maximum atomic E-state index is 4.48. The van der Waals surface area contributed by atoms with Gasteiger partial charge in [0.15, 0.2) is 0 Å². The third kappa shape index (κ3) is 2.67. The first-order valence-corrected chi connectivity index (χ1v) is 5.95. The van der Waals surface area contributed by atoms with Gasteiger partial charge in [0.1, 0.15) is 0 Å². The molecule has 0 saturated heterocycles. The molecule has 0 aliphatic heterocycles. The van der Waals surface area contributed by atoms with Gasteiger partial charge in [0, 0.05) is 26.0 Å². The SMILES string of the molecule is CCCNc1nc(C)cn1Cc1ccnn1C. The minimum atomic E-state index is 0.795. The van der Waals surface area contributed by atoms with Gasteiger partial charge in [0.05, 0.1) is 17.9 Å². The molecule has 0 amide bonds. The molecule has 0 radical (unpaired) electrons. The largest absolute Gasteiger partial charge is 0.356 e. The third-order valence-corrected chi connectivity index (χ3v) is 2.68. The first-order valence-electron chi connectivity index (χ1n) is 5.95. The van der Waals surface area contributed by atoms with Gasteiger partial charge in [0.25, 0.3) is 0 Å². The van der Waals surface area contributed by atoms with E-state index in [4.69, 9.17) is 0 Å². The number of aromatic nitrogens is 4. The van der Waals surface area contributed by atoms with Crippen LogP contribution >= 0.6 is 0 Å². The Morgan fingerprint density at radius 2 is 2.24 bits per heavy atom. The summed E-state index contributed by atoms with van der Waals surface area (Å²) in [4.78, 5) is 4.48. The topological polar surface area (TPSA) is 47.7 Å². The molecule has 2 aromatic heterocycles. The lowest BCUT2D eigenvalue weighted by Gasteiger charge is -2.09. The van der Waals surface area contributed by atoms with E-state index >= 15 is 0 Å². The second-order valence-electron chi connectivity index (χ2n) is 4.21. The van der Waals surface area contributed by atoms with Crippen molar-refractivity contribution in [2.24, 2.45) is 7.05 Å². The van der Waals surface area contributed by atoms with E-state index in [1.807, 2.05) is 30.9 Å². The quantitative estimate of drug-likeness (QED) is 0.856. The molecule has 0 fully saturated rings. The zero-order valence-electron chi connectivity index (χ0n) is 10.6. The van der Waals surface area contributed by atoms with Crippen molar-refractivity contribution in [2.45, 2.75) is 26.8 Å². The van der Waals surface area contributed by atoms with E-state index in [-0.39, 0.29) is 0 Å². The lowest BCUT2D eigenvalue weighted by Crippen LogP contribution is -2.10. The van der Waals surface area contributed by atoms with Crippen molar-refractivity contribution in [1.82, 2.24) is 19.3 Å². The molecule has 0 aliphatic rings. The lowest BCUT2D eigenvalue weighted by atomic mass is 10.4. The van der Waals surface area contributed by atoms with Gasteiger partial charge >= 0.3 is 0 Å². The molecule has 2 heterocycles. The van der Waals surface area contributed by atoms with Crippen molar-refractivity contribution >= 4 is 5.95 Å². The minimum Gasteiger partial charge on any atom is -0.356 e. The van der Waals surface area contributed by atoms with Gasteiger partial charge in [-0.05, 0) is 19.4 Å². The van der Waals surface area contributed by atoms with Gasteiger partial charge in [-0.1, -0.05) is 6.92 Å². The van der Waals surface area contributed by atoms with Crippen LogP contribution in [0.1, 0.15) is 24.7 Å². The van der Waals surface area contributed by atoms with E-state index in [2.05, 4.69) is 33.1 Å². The molecular weight excluding hydrogens is 214 g/mol. The van der Waals surface area contributed by atoms with Crippen LogP contribution in [0.15, 0.2) is 18.5 Å². The highest BCUT2D eigenvalue weighted by Crippen LogP contribution is 2.11. The summed E-state index contributed by atoms with van der Waals surface area (Å²) in [5.41, 5.74) is 2.20. The van der Waals surface area contributed by atoms with E-state index in [0.29, 0.717) is 0 Å². The van der Waals surface area contributed by atoms with Crippen molar-refractivity contribution in [3.05, 3.63) is 29.8 Å². The van der Waals surface area contributed by atoms with Crippen molar-refractivity contribution in [1.29, 1.82) is 0 Å². The zero-order chi connectivity index (χ0) is 12.3. The molecule has 2 rings (SSSR count). The maximum absolute atomic E-state index is 4.48. The Balaban J connectivity index is 2.17. The second-order valence-corrected chi connectivity index (χ2v) is 4.21. The molecule has 0 aromatic carbocycles. The normalized spacial score (nSPS) is 10.8. The number of nitrogens with zero attached hydrogens (tertiary/aromatic N) is 4. The summed E-state index contributed by atoms with van der Waals surface area (Å²) < 4.78 is 4.01. The summed E-state index contributed by atoms with van der Waals surface area (Å²) >= 11 is 0. The van der Waals surface area contributed by atoms with Crippen LogP contribution in [-0.4, -0.2) is 25.9 Å². The Bertz CT molecular complexity index is 483. The van der Waals surface area contributed by atoms with Gasteiger partial charge < -0.3 is 9.88 Å². The van der Waals surface area contributed by atoms with E-state index in [9.17, 15) is 0 Å². The van der Waals surface area contributed by atoms with Gasteiger partial charge in [-0.2, -0.15) is 5.10 Å². The highest BCUT2D eigenvalue weighted by atomic mass is 15.3. The highest BCUT2D eigenvalue weighted by Gasteiger charge is 2.07. The molecule has 0 aliphatic carbocycles. The van der Waals surface area contributed by atoms with Crippen LogP contribution in [0.3, 0.4) is 0 Å². The van der Waals surface area contributed by atoms with E-state index in [0.717, 1.165) is 31.2 Å². The Morgan fingerprint density at radius 3 is 2.88 bits per heavy atom. The molecule has 0 bridgehead atoms. The summed E-state index contributed by atoms with van der Waals surface area (Å²) in [7, 11) is 1.96. The van der Waals surface area contributed by atoms with Crippen molar-refractivity contribution in [3.63, 3.8) is 0 Å². The number of hydrogen-bond acceptors (Lipinski definition) is 3. The first-order chi connectivity index (χ1) is 8.20. The zero-order valence-corrected chi connectivity index (χ0v) is 10.6. The van der Waals surface area contributed by atoms with Crippen LogP contribution in [0.25, 0.3) is 0 Å². The number of anilines is 1. The van der Waals surface area contributed by atoms with Gasteiger partial charge in [-0.25, -0.2) is 4.98 Å². The highest BCUT2D eigenvalue weighted by molar-refractivity contribution is 5.29. The fourth-order valence-electron chi connectivity index (χ4n) is 1.78. The Morgan fingerprint density at radius 1 is 1.41 bits per heavy atom. The molecule has 92 valence electrons. The Hall–Kier alpha value is -1.78. The molecular formula is C12H19N5. The minimum absolute atomic E-state index is 0.795. The predicted octanol–water partition coefficient (Wildman–Crippen LogP) is 1.80.